The van der Waals surface area contributed by atoms with Crippen LogP contribution in [-0.2, 0) is 19.2 Å². The van der Waals surface area contributed by atoms with Gasteiger partial charge in [-0.05, 0) is 55.2 Å². The monoisotopic (exact) mass is 598 g/mol. The summed E-state index contributed by atoms with van der Waals surface area (Å²) in [6.45, 7) is 0. The number of carbonyl (C=O) groups is 5. The van der Waals surface area contributed by atoms with Crippen molar-refractivity contribution in [1.82, 2.24) is 4.90 Å². The highest BCUT2D eigenvalue weighted by molar-refractivity contribution is 6.53. The number of ether oxygens (including phenoxy) is 1. The molecule has 2 aromatic carbocycles. The summed E-state index contributed by atoms with van der Waals surface area (Å²) in [5.74, 6) is -7.32. The smallest absolute Gasteiger partial charge is 0.335 e. The Balaban J connectivity index is 1.52. The molecule has 2 N–H and O–H groups in total. The number of imide groups is 2. The summed E-state index contributed by atoms with van der Waals surface area (Å²) >= 11 is 14.2. The van der Waals surface area contributed by atoms with Crippen molar-refractivity contribution in [2.24, 2.45) is 17.8 Å². The fourth-order valence-electron chi connectivity index (χ4n) is 7.01. The van der Waals surface area contributed by atoms with Crippen molar-refractivity contribution in [2.45, 2.75) is 28.5 Å². The number of halogens is 2. The first-order valence-electron chi connectivity index (χ1n) is 12.8. The Morgan fingerprint density at radius 3 is 2.44 bits per heavy atom. The van der Waals surface area contributed by atoms with Crippen molar-refractivity contribution >= 4 is 58.5 Å². The highest BCUT2D eigenvalue weighted by Crippen LogP contribution is 2.66. The molecule has 2 saturated heterocycles. The van der Waals surface area contributed by atoms with Crippen LogP contribution in [0.15, 0.2) is 54.1 Å². The normalized spacial score (nSPS) is 32.4. The second-order valence-electron chi connectivity index (χ2n) is 10.8. The van der Waals surface area contributed by atoms with Gasteiger partial charge in [-0.1, -0.05) is 17.7 Å². The summed E-state index contributed by atoms with van der Waals surface area (Å²) in [5, 5.41) is 20.4. The van der Waals surface area contributed by atoms with Gasteiger partial charge < -0.3 is 14.9 Å². The number of alkyl halides is 2. The summed E-state index contributed by atoms with van der Waals surface area (Å²) in [4.78, 5) is 64.2. The summed E-state index contributed by atoms with van der Waals surface area (Å²) in [5.41, 5.74) is 0.735. The van der Waals surface area contributed by atoms with Crippen LogP contribution in [0.3, 0.4) is 0 Å². The maximum atomic E-state index is 14.0. The Hall–Kier alpha value is -3.89. The molecule has 2 heterocycles. The van der Waals surface area contributed by atoms with Gasteiger partial charge in [0.05, 0.1) is 30.2 Å². The molecule has 6 atom stereocenters. The second kappa shape index (κ2) is 9.06. The SMILES string of the molecule is COc1ccc(O)c(C2C3=CCC4C(=O)N(c5cccc(C(=O)O)c5)C(=O)C4C3CC3(Cl)C(=O)N(C)C(=O)C23Cl)c1. The number of hydrogen-bond donors (Lipinski definition) is 2. The zero-order valence-corrected chi connectivity index (χ0v) is 23.3. The fraction of sp³-hybridized carbons (Fsp3) is 0.345. The van der Waals surface area contributed by atoms with E-state index in [2.05, 4.69) is 0 Å². The minimum atomic E-state index is -2.04. The lowest BCUT2D eigenvalue weighted by Crippen LogP contribution is -2.60. The van der Waals surface area contributed by atoms with Crippen LogP contribution in [0.1, 0.15) is 34.7 Å². The first-order valence-corrected chi connectivity index (χ1v) is 13.6. The van der Waals surface area contributed by atoms with E-state index in [0.717, 1.165) is 9.80 Å². The van der Waals surface area contributed by atoms with Crippen LogP contribution in [-0.4, -0.2) is 68.6 Å². The largest absolute Gasteiger partial charge is 0.508 e. The quantitative estimate of drug-likeness (QED) is 0.310. The van der Waals surface area contributed by atoms with Gasteiger partial charge in [0.1, 0.15) is 11.5 Å². The third-order valence-corrected chi connectivity index (χ3v) is 10.3. The fourth-order valence-corrected chi connectivity index (χ4v) is 8.02. The Kier molecular flexibility index (Phi) is 6.03. The molecule has 0 bridgehead atoms. The molecule has 3 fully saturated rings. The molecule has 0 aromatic heterocycles. The zero-order valence-electron chi connectivity index (χ0n) is 21.8. The number of phenolic OH excluding ortho intramolecular Hbond substituents is 1. The average Bonchev–Trinajstić information content (AvgIpc) is 3.28. The van der Waals surface area contributed by atoms with E-state index in [1.807, 2.05) is 0 Å². The van der Waals surface area contributed by atoms with Crippen molar-refractivity contribution in [2.75, 3.05) is 19.1 Å². The molecular weight excluding hydrogens is 575 g/mol. The average molecular weight is 599 g/mol. The number of aromatic carboxylic acids is 1. The molecule has 4 aliphatic rings. The number of carboxylic acids is 1. The van der Waals surface area contributed by atoms with Crippen LogP contribution in [0.2, 0.25) is 0 Å². The second-order valence-corrected chi connectivity index (χ2v) is 12.0. The van der Waals surface area contributed by atoms with Crippen molar-refractivity contribution in [1.29, 1.82) is 0 Å². The number of hydrogen-bond acceptors (Lipinski definition) is 7. The summed E-state index contributed by atoms with van der Waals surface area (Å²) in [7, 11) is 2.71. The molecule has 12 heteroatoms. The molecule has 1 saturated carbocycles. The molecule has 2 aromatic rings. The molecule has 0 radical (unpaired) electrons. The van der Waals surface area contributed by atoms with Gasteiger partial charge in [0.15, 0.2) is 9.75 Å². The number of methoxy groups -OCH3 is 1. The maximum absolute atomic E-state index is 14.0. The Morgan fingerprint density at radius 1 is 1.02 bits per heavy atom. The van der Waals surface area contributed by atoms with E-state index in [0.29, 0.717) is 11.3 Å². The lowest BCUT2D eigenvalue weighted by Gasteiger charge is -2.50. The molecule has 2 aliphatic carbocycles. The van der Waals surface area contributed by atoms with Gasteiger partial charge in [0.25, 0.3) is 11.8 Å². The maximum Gasteiger partial charge on any atom is 0.335 e. The van der Waals surface area contributed by atoms with E-state index in [4.69, 9.17) is 27.9 Å². The molecule has 212 valence electrons. The van der Waals surface area contributed by atoms with Crippen molar-refractivity contribution in [3.63, 3.8) is 0 Å². The molecule has 6 rings (SSSR count). The molecule has 41 heavy (non-hydrogen) atoms. The summed E-state index contributed by atoms with van der Waals surface area (Å²) < 4.78 is 5.35. The van der Waals surface area contributed by atoms with Crippen LogP contribution < -0.4 is 9.64 Å². The number of likely N-dealkylation sites (tertiary alicyclic amines) is 1. The predicted molar refractivity (Wildman–Crippen MR) is 146 cm³/mol. The first kappa shape index (κ1) is 27.3. The van der Waals surface area contributed by atoms with E-state index in [9.17, 15) is 34.2 Å². The number of aromatic hydroxyl groups is 1. The Morgan fingerprint density at radius 2 is 1.76 bits per heavy atom. The number of benzene rings is 2. The third-order valence-electron chi connectivity index (χ3n) is 8.91. The van der Waals surface area contributed by atoms with Gasteiger partial charge in [-0.2, -0.15) is 0 Å². The number of nitrogens with zero attached hydrogens (tertiary/aromatic N) is 2. The highest BCUT2D eigenvalue weighted by Gasteiger charge is 2.76. The summed E-state index contributed by atoms with van der Waals surface area (Å²) in [6.07, 6.45) is 1.66. The lowest BCUT2D eigenvalue weighted by molar-refractivity contribution is -0.138. The predicted octanol–water partition coefficient (Wildman–Crippen LogP) is 3.29. The van der Waals surface area contributed by atoms with Crippen LogP contribution in [0.25, 0.3) is 0 Å². The van der Waals surface area contributed by atoms with Crippen LogP contribution >= 0.6 is 23.2 Å². The van der Waals surface area contributed by atoms with Gasteiger partial charge in [-0.3, -0.25) is 29.0 Å². The zero-order chi connectivity index (χ0) is 29.6. The number of phenols is 1. The van der Waals surface area contributed by atoms with E-state index >= 15 is 0 Å². The third kappa shape index (κ3) is 3.47. The molecule has 2 aliphatic heterocycles. The number of carboxylic acid groups (broad SMARTS) is 1. The highest BCUT2D eigenvalue weighted by atomic mass is 35.5. The number of fused-ring (bicyclic) bond motifs is 4. The van der Waals surface area contributed by atoms with Gasteiger partial charge in [0.2, 0.25) is 11.8 Å². The van der Waals surface area contributed by atoms with Crippen molar-refractivity contribution < 1.29 is 38.9 Å². The van der Waals surface area contributed by atoms with E-state index in [1.165, 1.54) is 56.6 Å². The molecule has 0 spiro atoms. The lowest BCUT2D eigenvalue weighted by atomic mass is 9.56. The number of amides is 4. The number of carbonyl (C=O) groups excluding carboxylic acids is 4. The van der Waals surface area contributed by atoms with Gasteiger partial charge in [-0.15, -0.1) is 23.2 Å². The van der Waals surface area contributed by atoms with Crippen LogP contribution in [0.4, 0.5) is 5.69 Å². The molecular formula is C29H24Cl2N2O8. The van der Waals surface area contributed by atoms with E-state index < -0.39 is 63.0 Å². The molecule has 6 unspecified atom stereocenters. The minimum Gasteiger partial charge on any atom is -0.508 e. The van der Waals surface area contributed by atoms with Crippen molar-refractivity contribution in [3.8, 4) is 11.5 Å². The number of anilines is 1. The minimum absolute atomic E-state index is 0.0900. The van der Waals surface area contributed by atoms with Gasteiger partial charge in [-0.25, -0.2) is 4.79 Å². The van der Waals surface area contributed by atoms with Crippen LogP contribution in [0, 0.1) is 17.8 Å². The number of rotatable bonds is 4. The Labute approximate surface area is 244 Å². The molecule has 4 amide bonds. The van der Waals surface area contributed by atoms with Crippen molar-refractivity contribution in [3.05, 3.63) is 65.2 Å². The van der Waals surface area contributed by atoms with E-state index in [1.54, 1.807) is 6.08 Å². The number of allylic oxidation sites excluding steroid dienone is 2. The van der Waals surface area contributed by atoms with Crippen LogP contribution in [0.5, 0.6) is 11.5 Å². The summed E-state index contributed by atoms with van der Waals surface area (Å²) in [6, 6.07) is 9.95. The first-order chi connectivity index (χ1) is 19.4. The Bertz CT molecular complexity index is 1610. The topological polar surface area (TPSA) is 142 Å². The van der Waals surface area contributed by atoms with E-state index in [-0.39, 0.29) is 35.4 Å². The van der Waals surface area contributed by atoms with Gasteiger partial charge in [0, 0.05) is 18.5 Å². The molecule has 10 nitrogen and oxygen atoms in total. The standard InChI is InChI=1S/C29H24Cl2N2O8/c1-32-26(39)28(30)12-19-16(22(29(28,31)27(32)40)18-11-15(41-2)6-9-20(18)34)7-8-17-21(19)24(36)33(23(17)35)14-5-3-4-13(10-14)25(37)38/h3-7,9-11,17,19,21-22,34H,8,12H2,1-2H3,(H,37,38). The van der Waals surface area contributed by atoms with Gasteiger partial charge >= 0.3 is 5.97 Å².